The van der Waals surface area contributed by atoms with E-state index in [2.05, 4.69) is 42.5 Å². The molecule has 1 N–H and O–H groups in total. The van der Waals surface area contributed by atoms with Crippen LogP contribution in [-0.4, -0.2) is 31.4 Å². The molecule has 32 heavy (non-hydrogen) atoms. The van der Waals surface area contributed by atoms with Gasteiger partial charge in [0.05, 0.1) is 0 Å². The van der Waals surface area contributed by atoms with Gasteiger partial charge in [-0.25, -0.2) is 8.78 Å². The molecule has 1 aliphatic carbocycles. The Bertz CT molecular complexity index is 1110. The maximum Gasteiger partial charge on any atom is 0.251 e. The first kappa shape index (κ1) is 22.2. The van der Waals surface area contributed by atoms with E-state index in [1.807, 2.05) is 0 Å². The van der Waals surface area contributed by atoms with Gasteiger partial charge < -0.3 is 10.2 Å². The first-order valence-corrected chi connectivity index (χ1v) is 11.0. The smallest absolute Gasteiger partial charge is 0.251 e. The highest BCUT2D eigenvalue weighted by molar-refractivity contribution is 5.94. The molecule has 0 aliphatic heterocycles. The first-order chi connectivity index (χ1) is 15.4. The van der Waals surface area contributed by atoms with Crippen LogP contribution >= 0.6 is 0 Å². The molecule has 3 nitrogen and oxygen atoms in total. The van der Waals surface area contributed by atoms with Crippen molar-refractivity contribution in [2.45, 2.75) is 31.7 Å². The zero-order valence-electron chi connectivity index (χ0n) is 18.5. The van der Waals surface area contributed by atoms with Gasteiger partial charge in [-0.2, -0.15) is 0 Å². The second kappa shape index (κ2) is 9.61. The number of fused-ring (bicyclic) bond motifs is 1. The third-order valence-corrected chi connectivity index (χ3v) is 6.05. The van der Waals surface area contributed by atoms with Gasteiger partial charge in [-0.3, -0.25) is 4.79 Å². The second-order valence-corrected chi connectivity index (χ2v) is 8.78. The molecule has 5 heteroatoms. The average molecular weight is 435 g/mol. The largest absolute Gasteiger partial charge is 0.351 e. The highest BCUT2D eigenvalue weighted by Crippen LogP contribution is 2.32. The summed E-state index contributed by atoms with van der Waals surface area (Å²) < 4.78 is 26.6. The van der Waals surface area contributed by atoms with Crippen LogP contribution in [-0.2, 0) is 13.0 Å². The molecule has 1 aliphatic rings. The summed E-state index contributed by atoms with van der Waals surface area (Å²) in [4.78, 5) is 14.9. The molecule has 0 fully saturated rings. The van der Waals surface area contributed by atoms with Crippen LogP contribution in [0, 0.1) is 11.6 Å². The van der Waals surface area contributed by atoms with Gasteiger partial charge in [-0.1, -0.05) is 36.4 Å². The quantitative estimate of drug-likeness (QED) is 0.552. The van der Waals surface area contributed by atoms with Gasteiger partial charge in [-0.15, -0.1) is 0 Å². The first-order valence-electron chi connectivity index (χ1n) is 11.0. The molecule has 3 aromatic carbocycles. The SMILES string of the molecule is CN(C)Cc1ccc2c(c1)CCCC2CNC(=O)c1ccc(-c2ccc(F)c(F)c2)cc1. The van der Waals surface area contributed by atoms with Crippen LogP contribution in [0.2, 0.25) is 0 Å². The van der Waals surface area contributed by atoms with Crippen molar-refractivity contribution < 1.29 is 13.6 Å². The summed E-state index contributed by atoms with van der Waals surface area (Å²) in [5.74, 6) is -1.57. The number of nitrogens with one attached hydrogen (secondary N) is 1. The summed E-state index contributed by atoms with van der Waals surface area (Å²) in [5, 5.41) is 3.08. The van der Waals surface area contributed by atoms with Crippen molar-refractivity contribution in [2.24, 2.45) is 0 Å². The number of hydrogen-bond donors (Lipinski definition) is 1. The van der Waals surface area contributed by atoms with E-state index in [-0.39, 0.29) is 5.91 Å². The minimum atomic E-state index is -0.883. The van der Waals surface area contributed by atoms with E-state index >= 15 is 0 Å². The van der Waals surface area contributed by atoms with E-state index in [0.717, 1.165) is 43.5 Å². The third kappa shape index (κ3) is 5.05. The van der Waals surface area contributed by atoms with Gasteiger partial charge in [0, 0.05) is 24.6 Å². The average Bonchev–Trinajstić information content (AvgIpc) is 2.78. The van der Waals surface area contributed by atoms with E-state index in [9.17, 15) is 13.6 Å². The number of benzene rings is 3. The van der Waals surface area contributed by atoms with Gasteiger partial charge >= 0.3 is 0 Å². The topological polar surface area (TPSA) is 32.3 Å². The van der Waals surface area contributed by atoms with Crippen LogP contribution in [0.3, 0.4) is 0 Å². The van der Waals surface area contributed by atoms with E-state index in [0.29, 0.717) is 23.6 Å². The van der Waals surface area contributed by atoms with Gasteiger partial charge in [0.1, 0.15) is 0 Å². The zero-order valence-corrected chi connectivity index (χ0v) is 18.5. The lowest BCUT2D eigenvalue weighted by Gasteiger charge is -2.26. The minimum Gasteiger partial charge on any atom is -0.351 e. The Balaban J connectivity index is 1.40. The van der Waals surface area contributed by atoms with Crippen LogP contribution in [0.15, 0.2) is 60.7 Å². The summed E-state index contributed by atoms with van der Waals surface area (Å²) in [5.41, 5.74) is 5.91. The summed E-state index contributed by atoms with van der Waals surface area (Å²) in [6.07, 6.45) is 3.28. The summed E-state index contributed by atoms with van der Waals surface area (Å²) in [6.45, 7) is 1.53. The van der Waals surface area contributed by atoms with E-state index in [1.165, 1.54) is 22.8 Å². The second-order valence-electron chi connectivity index (χ2n) is 8.78. The van der Waals surface area contributed by atoms with Crippen LogP contribution in [0.5, 0.6) is 0 Å². The number of halogens is 2. The maximum atomic E-state index is 13.5. The Morgan fingerprint density at radius 2 is 1.72 bits per heavy atom. The molecule has 166 valence electrons. The van der Waals surface area contributed by atoms with Crippen molar-refractivity contribution in [2.75, 3.05) is 20.6 Å². The Morgan fingerprint density at radius 1 is 0.969 bits per heavy atom. The number of carbonyl (C=O) groups excluding carboxylic acids is 1. The van der Waals surface area contributed by atoms with E-state index < -0.39 is 11.6 Å². The van der Waals surface area contributed by atoms with Crippen molar-refractivity contribution in [1.29, 1.82) is 0 Å². The molecule has 0 spiro atoms. The lowest BCUT2D eigenvalue weighted by atomic mass is 9.82. The van der Waals surface area contributed by atoms with Gasteiger partial charge in [-0.05, 0) is 85.4 Å². The Kier molecular flexibility index (Phi) is 6.66. The number of amides is 1. The highest BCUT2D eigenvalue weighted by atomic mass is 19.2. The fraction of sp³-hybridized carbons (Fsp3) is 0.296. The zero-order chi connectivity index (χ0) is 22.7. The molecule has 1 amide bonds. The standard InChI is InChI=1S/C27H28F2N2O/c1-31(2)17-18-6-12-24-22(14-18)4-3-5-23(24)16-30-27(32)20-9-7-19(8-10-20)21-11-13-25(28)26(29)15-21/h6-15,23H,3-5,16-17H2,1-2H3,(H,30,32). The highest BCUT2D eigenvalue weighted by Gasteiger charge is 2.21. The lowest BCUT2D eigenvalue weighted by molar-refractivity contribution is 0.0950. The van der Waals surface area contributed by atoms with Gasteiger partial charge in [0.25, 0.3) is 5.91 Å². The van der Waals surface area contributed by atoms with Crippen LogP contribution < -0.4 is 5.32 Å². The van der Waals surface area contributed by atoms with Gasteiger partial charge in [0.15, 0.2) is 11.6 Å². The molecule has 1 unspecified atom stereocenters. The molecular weight excluding hydrogens is 406 g/mol. The number of carbonyl (C=O) groups is 1. The molecule has 3 aromatic rings. The van der Waals surface area contributed by atoms with Crippen molar-refractivity contribution in [3.8, 4) is 11.1 Å². The molecule has 0 heterocycles. The van der Waals surface area contributed by atoms with Crippen molar-refractivity contribution in [3.05, 3.63) is 94.6 Å². The van der Waals surface area contributed by atoms with Crippen LogP contribution in [0.4, 0.5) is 8.78 Å². The Hall–Kier alpha value is -3.05. The molecule has 0 saturated carbocycles. The summed E-state index contributed by atoms with van der Waals surface area (Å²) in [7, 11) is 4.14. The predicted octanol–water partition coefficient (Wildman–Crippen LogP) is 5.54. The minimum absolute atomic E-state index is 0.127. The molecule has 0 aromatic heterocycles. The number of nitrogens with zero attached hydrogens (tertiary/aromatic N) is 1. The van der Waals surface area contributed by atoms with Crippen LogP contribution in [0.1, 0.15) is 45.8 Å². The number of rotatable bonds is 6. The monoisotopic (exact) mass is 434 g/mol. The summed E-state index contributed by atoms with van der Waals surface area (Å²) in [6, 6.07) is 17.5. The molecule has 1 atom stereocenters. The number of aryl methyl sites for hydroxylation is 1. The maximum absolute atomic E-state index is 13.5. The molecule has 0 radical (unpaired) electrons. The predicted molar refractivity (Wildman–Crippen MR) is 124 cm³/mol. The molecule has 4 rings (SSSR count). The molecular formula is C27H28F2N2O. The van der Waals surface area contributed by atoms with E-state index in [4.69, 9.17) is 0 Å². The Labute approximate surface area is 188 Å². The van der Waals surface area contributed by atoms with E-state index in [1.54, 1.807) is 24.3 Å². The fourth-order valence-corrected chi connectivity index (χ4v) is 4.45. The number of hydrogen-bond acceptors (Lipinski definition) is 2. The summed E-state index contributed by atoms with van der Waals surface area (Å²) >= 11 is 0. The molecule has 0 saturated heterocycles. The fourth-order valence-electron chi connectivity index (χ4n) is 4.45. The third-order valence-electron chi connectivity index (χ3n) is 6.05. The van der Waals surface area contributed by atoms with Crippen molar-refractivity contribution in [3.63, 3.8) is 0 Å². The normalized spacial score (nSPS) is 15.5. The van der Waals surface area contributed by atoms with Crippen LogP contribution in [0.25, 0.3) is 11.1 Å². The van der Waals surface area contributed by atoms with Crippen molar-refractivity contribution >= 4 is 5.91 Å². The Morgan fingerprint density at radius 3 is 2.44 bits per heavy atom. The van der Waals surface area contributed by atoms with Gasteiger partial charge in [0.2, 0.25) is 0 Å². The molecule has 0 bridgehead atoms. The lowest BCUT2D eigenvalue weighted by Crippen LogP contribution is -2.30. The van der Waals surface area contributed by atoms with Crippen molar-refractivity contribution in [1.82, 2.24) is 10.2 Å².